The van der Waals surface area contributed by atoms with Crippen LogP contribution in [0.5, 0.6) is 0 Å². The maximum atomic E-state index is 13.4. The molecular formula is C14H17F3N2O2S2. The summed E-state index contributed by atoms with van der Waals surface area (Å²) in [4.78, 5) is 0. The Morgan fingerprint density at radius 3 is 2.74 bits per heavy atom. The van der Waals surface area contributed by atoms with Gasteiger partial charge in [-0.1, -0.05) is 0 Å². The van der Waals surface area contributed by atoms with Gasteiger partial charge in [0.25, 0.3) is 0 Å². The minimum atomic E-state index is -4.46. The zero-order valence-corrected chi connectivity index (χ0v) is 14.1. The van der Waals surface area contributed by atoms with E-state index in [4.69, 9.17) is 4.74 Å². The molecule has 23 heavy (non-hydrogen) atoms. The lowest BCUT2D eigenvalue weighted by Crippen LogP contribution is -2.26. The Morgan fingerprint density at radius 1 is 1.43 bits per heavy atom. The van der Waals surface area contributed by atoms with Crippen LogP contribution in [-0.4, -0.2) is 39.3 Å². The average molecular weight is 366 g/mol. The fourth-order valence-corrected chi connectivity index (χ4v) is 7.58. The number of thioether (sulfide) groups is 2. The van der Waals surface area contributed by atoms with E-state index in [0.29, 0.717) is 17.9 Å². The van der Waals surface area contributed by atoms with E-state index >= 15 is 0 Å². The molecule has 1 aromatic heterocycles. The van der Waals surface area contributed by atoms with Gasteiger partial charge >= 0.3 is 6.18 Å². The van der Waals surface area contributed by atoms with Crippen molar-refractivity contribution in [1.29, 1.82) is 0 Å². The van der Waals surface area contributed by atoms with Crippen LogP contribution in [0, 0.1) is 5.92 Å². The maximum absolute atomic E-state index is 13.4. The van der Waals surface area contributed by atoms with Crippen molar-refractivity contribution in [2.45, 2.75) is 42.4 Å². The number of aromatic nitrogens is 2. The van der Waals surface area contributed by atoms with E-state index < -0.39 is 18.2 Å². The summed E-state index contributed by atoms with van der Waals surface area (Å²) in [6, 6.07) is 0. The summed E-state index contributed by atoms with van der Waals surface area (Å²) in [6.45, 7) is 1.97. The second kappa shape index (κ2) is 5.31. The van der Waals surface area contributed by atoms with Crippen LogP contribution < -0.4 is 0 Å². The van der Waals surface area contributed by atoms with Crippen molar-refractivity contribution < 1.29 is 23.0 Å². The van der Waals surface area contributed by atoms with E-state index in [-0.39, 0.29) is 22.5 Å². The van der Waals surface area contributed by atoms with Crippen molar-refractivity contribution in [1.82, 2.24) is 9.78 Å². The van der Waals surface area contributed by atoms with Gasteiger partial charge in [-0.2, -0.15) is 18.3 Å². The largest absolute Gasteiger partial charge is 0.435 e. The smallest absolute Gasteiger partial charge is 0.366 e. The lowest BCUT2D eigenvalue weighted by Gasteiger charge is -2.26. The van der Waals surface area contributed by atoms with E-state index in [9.17, 15) is 18.3 Å². The summed E-state index contributed by atoms with van der Waals surface area (Å²) >= 11 is 3.47. The molecular weight excluding hydrogens is 349 g/mol. The third-order valence-electron chi connectivity index (χ3n) is 4.64. The zero-order chi connectivity index (χ0) is 16.4. The summed E-state index contributed by atoms with van der Waals surface area (Å²) in [7, 11) is 0. The van der Waals surface area contributed by atoms with Gasteiger partial charge in [-0.25, -0.2) is 0 Å². The average Bonchev–Trinajstić information content (AvgIpc) is 2.86. The van der Waals surface area contributed by atoms with Crippen molar-refractivity contribution in [2.24, 2.45) is 5.92 Å². The molecule has 1 unspecified atom stereocenters. The van der Waals surface area contributed by atoms with Gasteiger partial charge in [0.1, 0.15) is 4.08 Å². The van der Waals surface area contributed by atoms with E-state index in [1.54, 1.807) is 30.4 Å². The molecule has 3 atom stereocenters. The van der Waals surface area contributed by atoms with Crippen LogP contribution in [0.25, 0.3) is 0 Å². The van der Waals surface area contributed by atoms with Crippen molar-refractivity contribution in [2.75, 3.05) is 18.1 Å². The van der Waals surface area contributed by atoms with Gasteiger partial charge in [0, 0.05) is 23.7 Å². The van der Waals surface area contributed by atoms with Gasteiger partial charge in [-0.05, 0) is 25.2 Å². The van der Waals surface area contributed by atoms with Gasteiger partial charge in [-0.3, -0.25) is 4.68 Å². The first kappa shape index (κ1) is 16.1. The molecule has 0 aromatic carbocycles. The Morgan fingerprint density at radius 2 is 2.13 bits per heavy atom. The Balaban J connectivity index is 1.80. The third kappa shape index (κ3) is 2.34. The highest BCUT2D eigenvalue weighted by Crippen LogP contribution is 2.76. The first-order chi connectivity index (χ1) is 10.9. The summed E-state index contributed by atoms with van der Waals surface area (Å²) in [6.07, 6.45) is -4.79. The summed E-state index contributed by atoms with van der Waals surface area (Å²) < 4.78 is 46.4. The molecule has 0 amide bonds. The van der Waals surface area contributed by atoms with Gasteiger partial charge in [-0.15, -0.1) is 23.5 Å². The highest BCUT2D eigenvalue weighted by atomic mass is 32.2. The quantitative estimate of drug-likeness (QED) is 0.830. The van der Waals surface area contributed by atoms with Crippen LogP contribution in [0.4, 0.5) is 13.2 Å². The molecule has 1 saturated carbocycles. The molecule has 9 heteroatoms. The van der Waals surface area contributed by atoms with Gasteiger partial charge < -0.3 is 9.84 Å². The van der Waals surface area contributed by atoms with Crippen LogP contribution in [0.3, 0.4) is 0 Å². The molecule has 1 saturated heterocycles. The summed E-state index contributed by atoms with van der Waals surface area (Å²) in [5, 5.41) is 13.7. The third-order valence-corrected chi connectivity index (χ3v) is 8.27. The van der Waals surface area contributed by atoms with E-state index in [1.165, 1.54) is 4.68 Å². The minimum absolute atomic E-state index is 0.0299. The molecule has 0 bridgehead atoms. The molecule has 2 fully saturated rings. The number of aliphatic hydroxyl groups excluding tert-OH is 1. The van der Waals surface area contributed by atoms with E-state index in [0.717, 1.165) is 17.9 Å². The van der Waals surface area contributed by atoms with Gasteiger partial charge in [0.15, 0.2) is 12.0 Å². The molecule has 1 aromatic rings. The normalized spacial score (nSPS) is 28.9. The molecule has 1 spiro atoms. The number of alkyl halides is 3. The molecule has 2 aliphatic carbocycles. The minimum Gasteiger partial charge on any atom is -0.366 e. The predicted molar refractivity (Wildman–Crippen MR) is 82.3 cm³/mol. The number of halogens is 3. The fourth-order valence-electron chi connectivity index (χ4n) is 3.82. The molecule has 0 radical (unpaired) electrons. The second-order valence-corrected chi connectivity index (χ2v) is 8.95. The van der Waals surface area contributed by atoms with Crippen LogP contribution in [0.1, 0.15) is 36.2 Å². The second-order valence-electron chi connectivity index (χ2n) is 6.01. The van der Waals surface area contributed by atoms with Crippen molar-refractivity contribution >= 4 is 23.5 Å². The molecule has 2 heterocycles. The lowest BCUT2D eigenvalue weighted by atomic mass is 10.1. The van der Waals surface area contributed by atoms with Crippen molar-refractivity contribution in [3.63, 3.8) is 0 Å². The Kier molecular flexibility index (Phi) is 3.72. The predicted octanol–water partition coefficient (Wildman–Crippen LogP) is 3.01. The van der Waals surface area contributed by atoms with E-state index in [2.05, 4.69) is 5.10 Å². The van der Waals surface area contributed by atoms with Crippen LogP contribution in [0.15, 0.2) is 0 Å². The Labute approximate surface area is 140 Å². The molecule has 1 N–H and O–H groups in total. The van der Waals surface area contributed by atoms with Crippen LogP contribution in [-0.2, 0) is 21.5 Å². The van der Waals surface area contributed by atoms with Crippen molar-refractivity contribution in [3.8, 4) is 0 Å². The standard InChI is InChI=1S/C14H17F3N2O2S2/c1-2-21-9(20)6-19-12-10(11(18-19)14(15,16)17)7-5-8(7)13(12)22-3-4-23-13/h7-9,20H,2-6H2,1H3/t7-,8+,9?/m0/s1. The van der Waals surface area contributed by atoms with Gasteiger partial charge in [0.05, 0.1) is 12.2 Å². The highest BCUT2D eigenvalue weighted by Gasteiger charge is 2.67. The monoisotopic (exact) mass is 366 g/mol. The van der Waals surface area contributed by atoms with Gasteiger partial charge in [0.2, 0.25) is 0 Å². The summed E-state index contributed by atoms with van der Waals surface area (Å²) in [5.41, 5.74) is 0.263. The number of hydrogen-bond acceptors (Lipinski definition) is 5. The van der Waals surface area contributed by atoms with Crippen LogP contribution in [0.2, 0.25) is 0 Å². The lowest BCUT2D eigenvalue weighted by molar-refractivity contribution is -0.143. The fraction of sp³-hybridized carbons (Fsp3) is 0.786. The molecule has 4 nitrogen and oxygen atoms in total. The molecule has 4 rings (SSSR count). The molecule has 128 valence electrons. The number of ether oxygens (including phenoxy) is 1. The van der Waals surface area contributed by atoms with Crippen LogP contribution >= 0.6 is 23.5 Å². The number of aliphatic hydroxyl groups is 1. The Bertz CT molecular complexity index is 628. The maximum Gasteiger partial charge on any atom is 0.435 e. The topological polar surface area (TPSA) is 47.3 Å². The van der Waals surface area contributed by atoms with Crippen molar-refractivity contribution in [3.05, 3.63) is 17.0 Å². The number of fused-ring (bicyclic) bond motifs is 5. The number of nitrogens with zero attached hydrogens (tertiary/aromatic N) is 2. The SMILES string of the molecule is CCOC(O)Cn1nc(C(F)(F)F)c2c1C1(SCCS1)[C@@H]1C[C@H]21. The first-order valence-corrected chi connectivity index (χ1v) is 9.61. The highest BCUT2D eigenvalue weighted by molar-refractivity contribution is 8.20. The number of rotatable bonds is 4. The van der Waals surface area contributed by atoms with E-state index in [1.807, 2.05) is 0 Å². The Hall–Kier alpha value is -0.380. The molecule has 1 aliphatic heterocycles. The first-order valence-electron chi connectivity index (χ1n) is 7.64. The zero-order valence-electron chi connectivity index (χ0n) is 12.5. The summed E-state index contributed by atoms with van der Waals surface area (Å²) in [5.74, 6) is 2.11. The number of hydrogen-bond donors (Lipinski definition) is 1. The molecule has 3 aliphatic rings.